The second-order valence-electron chi connectivity index (χ2n) is 5.43. The third kappa shape index (κ3) is 3.01. The Morgan fingerprint density at radius 3 is 2.32 bits per heavy atom. The van der Waals surface area contributed by atoms with Gasteiger partial charge in [-0.3, -0.25) is 4.90 Å². The van der Waals surface area contributed by atoms with E-state index in [0.717, 1.165) is 37.7 Å². The number of thiocarbonyl (C=S) groups is 1. The first kappa shape index (κ1) is 14.1. The summed E-state index contributed by atoms with van der Waals surface area (Å²) in [5, 5.41) is 8.34. The lowest BCUT2D eigenvalue weighted by atomic mass is 10.0. The summed E-state index contributed by atoms with van der Waals surface area (Å²) in [4.78, 5) is 5.13. The van der Waals surface area contributed by atoms with E-state index in [9.17, 15) is 0 Å². The second-order valence-corrected chi connectivity index (χ2v) is 5.87. The maximum absolute atomic E-state index is 5.82. The van der Waals surface area contributed by atoms with Crippen molar-refractivity contribution in [3.63, 3.8) is 0 Å². The summed E-state index contributed by atoms with van der Waals surface area (Å²) < 4.78 is 0. The molecule has 5 nitrogen and oxygen atoms in total. The Morgan fingerprint density at radius 2 is 1.84 bits per heavy atom. The van der Waals surface area contributed by atoms with Crippen molar-refractivity contribution in [1.82, 2.24) is 15.1 Å². The maximum atomic E-state index is 5.82. The first-order chi connectivity index (χ1) is 8.91. The molecule has 0 aromatic carbocycles. The van der Waals surface area contributed by atoms with Crippen LogP contribution in [0, 0.1) is 6.92 Å². The maximum Gasteiger partial charge on any atom is 0.151 e. The highest BCUT2D eigenvalue weighted by Crippen LogP contribution is 2.19. The lowest BCUT2D eigenvalue weighted by molar-refractivity contribution is 0.168. The molecular weight excluding hydrogens is 258 g/mol. The molecule has 0 amide bonds. The van der Waals surface area contributed by atoms with Gasteiger partial charge in [0.05, 0.1) is 16.2 Å². The Bertz CT molecular complexity index is 449. The van der Waals surface area contributed by atoms with Gasteiger partial charge in [0.2, 0.25) is 0 Å². The lowest BCUT2D eigenvalue weighted by Crippen LogP contribution is -2.59. The predicted octanol–water partition coefficient (Wildman–Crippen LogP) is 0.972. The summed E-state index contributed by atoms with van der Waals surface area (Å²) in [6.45, 7) is 9.81. The van der Waals surface area contributed by atoms with Gasteiger partial charge in [-0.05, 0) is 32.9 Å². The number of nitrogens with zero attached hydrogens (tertiary/aromatic N) is 4. The van der Waals surface area contributed by atoms with Crippen molar-refractivity contribution < 1.29 is 0 Å². The molecule has 0 saturated carbocycles. The fourth-order valence-corrected chi connectivity index (χ4v) is 2.34. The molecular formula is C13H21N5S. The molecule has 19 heavy (non-hydrogen) atoms. The molecule has 2 N–H and O–H groups in total. The van der Waals surface area contributed by atoms with Crippen molar-refractivity contribution in [1.29, 1.82) is 0 Å². The SMILES string of the molecule is Cc1ccc(N2CCN(C(C)(C)C(N)=S)CC2)nn1. The minimum atomic E-state index is -0.222. The quantitative estimate of drug-likeness (QED) is 0.832. The Hall–Kier alpha value is -1.27. The average Bonchev–Trinajstić information content (AvgIpc) is 2.39. The number of piperazine rings is 1. The molecule has 0 unspecified atom stereocenters. The van der Waals surface area contributed by atoms with Crippen molar-refractivity contribution in [3.05, 3.63) is 17.8 Å². The molecule has 0 bridgehead atoms. The zero-order chi connectivity index (χ0) is 14.0. The summed E-state index contributed by atoms with van der Waals surface area (Å²) in [6, 6.07) is 4.02. The molecule has 1 aliphatic heterocycles. The Morgan fingerprint density at radius 1 is 1.21 bits per heavy atom. The van der Waals surface area contributed by atoms with Crippen molar-refractivity contribution in [2.45, 2.75) is 26.3 Å². The van der Waals surface area contributed by atoms with Gasteiger partial charge in [0.15, 0.2) is 5.82 Å². The van der Waals surface area contributed by atoms with Crippen LogP contribution in [0.15, 0.2) is 12.1 Å². The highest BCUT2D eigenvalue weighted by atomic mass is 32.1. The smallest absolute Gasteiger partial charge is 0.151 e. The van der Waals surface area contributed by atoms with Crippen LogP contribution in [0.4, 0.5) is 5.82 Å². The van der Waals surface area contributed by atoms with E-state index in [1.807, 2.05) is 19.1 Å². The van der Waals surface area contributed by atoms with Gasteiger partial charge in [-0.1, -0.05) is 12.2 Å². The van der Waals surface area contributed by atoms with E-state index in [-0.39, 0.29) is 5.54 Å². The van der Waals surface area contributed by atoms with Gasteiger partial charge in [0.25, 0.3) is 0 Å². The minimum absolute atomic E-state index is 0.222. The van der Waals surface area contributed by atoms with E-state index < -0.39 is 0 Å². The molecule has 0 spiro atoms. The van der Waals surface area contributed by atoms with E-state index in [2.05, 4.69) is 33.8 Å². The van der Waals surface area contributed by atoms with Crippen molar-refractivity contribution in [2.24, 2.45) is 5.73 Å². The topological polar surface area (TPSA) is 58.3 Å². The molecule has 2 rings (SSSR count). The minimum Gasteiger partial charge on any atom is -0.392 e. The zero-order valence-electron chi connectivity index (χ0n) is 11.8. The molecule has 6 heteroatoms. The third-order valence-corrected chi connectivity index (χ3v) is 4.28. The molecule has 0 atom stereocenters. The molecule has 1 fully saturated rings. The third-order valence-electron chi connectivity index (χ3n) is 3.78. The van der Waals surface area contributed by atoms with E-state index >= 15 is 0 Å². The van der Waals surface area contributed by atoms with Crippen LogP contribution in [0.1, 0.15) is 19.5 Å². The lowest BCUT2D eigenvalue weighted by Gasteiger charge is -2.43. The number of aryl methyl sites for hydroxylation is 1. The van der Waals surface area contributed by atoms with Gasteiger partial charge in [-0.15, -0.1) is 5.10 Å². The van der Waals surface area contributed by atoms with Crippen molar-refractivity contribution >= 4 is 23.0 Å². The molecule has 0 radical (unpaired) electrons. The Balaban J connectivity index is 1.99. The summed E-state index contributed by atoms with van der Waals surface area (Å²) >= 11 is 5.15. The number of anilines is 1. The number of aromatic nitrogens is 2. The largest absolute Gasteiger partial charge is 0.392 e. The first-order valence-corrected chi connectivity index (χ1v) is 6.92. The van der Waals surface area contributed by atoms with Gasteiger partial charge in [0, 0.05) is 26.2 Å². The predicted molar refractivity (Wildman–Crippen MR) is 81.4 cm³/mol. The highest BCUT2D eigenvalue weighted by Gasteiger charge is 2.32. The van der Waals surface area contributed by atoms with Crippen LogP contribution in [0.2, 0.25) is 0 Å². The fraction of sp³-hybridized carbons (Fsp3) is 0.615. The standard InChI is InChI=1S/C13H21N5S/c1-10-4-5-11(16-15-10)17-6-8-18(9-7-17)13(2,3)12(14)19/h4-5H,6-9H2,1-3H3,(H2,14,19). The second kappa shape index (κ2) is 5.38. The van der Waals surface area contributed by atoms with Crippen LogP contribution in [-0.2, 0) is 0 Å². The van der Waals surface area contributed by atoms with Gasteiger partial charge >= 0.3 is 0 Å². The Labute approximate surface area is 119 Å². The number of hydrogen-bond donors (Lipinski definition) is 1. The normalized spacial score (nSPS) is 17.5. The van der Waals surface area contributed by atoms with Crippen LogP contribution in [-0.4, -0.2) is 51.8 Å². The zero-order valence-corrected chi connectivity index (χ0v) is 12.6. The van der Waals surface area contributed by atoms with Gasteiger partial charge in [-0.2, -0.15) is 5.10 Å². The monoisotopic (exact) mass is 279 g/mol. The van der Waals surface area contributed by atoms with Crippen molar-refractivity contribution in [2.75, 3.05) is 31.1 Å². The van der Waals surface area contributed by atoms with Crippen molar-refractivity contribution in [3.8, 4) is 0 Å². The Kier molecular flexibility index (Phi) is 4.01. The van der Waals surface area contributed by atoms with E-state index in [4.69, 9.17) is 18.0 Å². The number of hydrogen-bond acceptors (Lipinski definition) is 5. The molecule has 1 aliphatic rings. The molecule has 1 aromatic heterocycles. The number of rotatable bonds is 3. The van der Waals surface area contributed by atoms with Crippen LogP contribution in [0.25, 0.3) is 0 Å². The van der Waals surface area contributed by atoms with Crippen LogP contribution < -0.4 is 10.6 Å². The molecule has 104 valence electrons. The summed E-state index contributed by atoms with van der Waals surface area (Å²) in [5.74, 6) is 0.943. The van der Waals surface area contributed by atoms with Crippen LogP contribution >= 0.6 is 12.2 Å². The average molecular weight is 279 g/mol. The van der Waals surface area contributed by atoms with Gasteiger partial charge in [0.1, 0.15) is 0 Å². The van der Waals surface area contributed by atoms with E-state index in [1.165, 1.54) is 0 Å². The van der Waals surface area contributed by atoms with Crippen LogP contribution in [0.3, 0.4) is 0 Å². The van der Waals surface area contributed by atoms with Crippen LogP contribution in [0.5, 0.6) is 0 Å². The highest BCUT2D eigenvalue weighted by molar-refractivity contribution is 7.80. The van der Waals surface area contributed by atoms with E-state index in [1.54, 1.807) is 0 Å². The summed E-state index contributed by atoms with van der Waals surface area (Å²) in [7, 11) is 0. The molecule has 2 heterocycles. The number of nitrogens with two attached hydrogens (primary N) is 1. The van der Waals surface area contributed by atoms with E-state index in [0.29, 0.717) is 4.99 Å². The van der Waals surface area contributed by atoms with Gasteiger partial charge < -0.3 is 10.6 Å². The molecule has 1 saturated heterocycles. The first-order valence-electron chi connectivity index (χ1n) is 6.51. The molecule has 0 aliphatic carbocycles. The molecule has 1 aromatic rings. The summed E-state index contributed by atoms with van der Waals surface area (Å²) in [6.07, 6.45) is 0. The summed E-state index contributed by atoms with van der Waals surface area (Å²) in [5.41, 5.74) is 6.54. The fourth-order valence-electron chi connectivity index (χ4n) is 2.21. The van der Waals surface area contributed by atoms with Gasteiger partial charge in [-0.25, -0.2) is 0 Å².